The van der Waals surface area contributed by atoms with Crippen LogP contribution in [-0.2, 0) is 4.79 Å². The number of hydrogen-bond acceptors (Lipinski definition) is 2. The summed E-state index contributed by atoms with van der Waals surface area (Å²) in [5, 5.41) is 8.80. The minimum absolute atomic E-state index is 0.00770. The predicted octanol–water partition coefficient (Wildman–Crippen LogP) is 3.07. The zero-order valence-electron chi connectivity index (χ0n) is 8.13. The molecule has 0 amide bonds. The van der Waals surface area contributed by atoms with Crippen LogP contribution in [0.1, 0.15) is 24.8 Å². The summed E-state index contributed by atoms with van der Waals surface area (Å²) >= 11 is 5.58. The summed E-state index contributed by atoms with van der Waals surface area (Å²) < 4.78 is 13.5. The molecule has 0 fully saturated rings. The molecule has 0 aliphatic rings. The number of carbonyl (C=O) groups is 1. The molecule has 0 spiro atoms. The molecule has 0 bridgehead atoms. The number of nitriles is 1. The zero-order valence-corrected chi connectivity index (χ0v) is 8.88. The van der Waals surface area contributed by atoms with Crippen molar-refractivity contribution in [1.82, 2.24) is 0 Å². The first-order valence-electron chi connectivity index (χ1n) is 4.39. The summed E-state index contributed by atoms with van der Waals surface area (Å²) in [5.41, 5.74) is 0.181. The lowest BCUT2D eigenvalue weighted by Gasteiger charge is -2.08. The summed E-state index contributed by atoms with van der Waals surface area (Å²) in [6, 6.07) is 6.33. The molecule has 0 heterocycles. The molecule has 1 aromatic rings. The SMILES string of the molecule is CC(=O)CC(C#N)c1cccc(Cl)c1F. The Labute approximate surface area is 92.3 Å². The quantitative estimate of drug-likeness (QED) is 0.793. The van der Waals surface area contributed by atoms with E-state index >= 15 is 0 Å². The lowest BCUT2D eigenvalue weighted by atomic mass is 9.95. The minimum Gasteiger partial charge on any atom is -0.300 e. The van der Waals surface area contributed by atoms with Gasteiger partial charge in [-0.15, -0.1) is 0 Å². The third-order valence-corrected chi connectivity index (χ3v) is 2.30. The van der Waals surface area contributed by atoms with Crippen LogP contribution >= 0.6 is 11.6 Å². The molecule has 1 unspecified atom stereocenters. The maximum absolute atomic E-state index is 13.5. The Balaban J connectivity index is 3.08. The molecule has 0 N–H and O–H groups in total. The van der Waals surface area contributed by atoms with E-state index in [0.717, 1.165) is 0 Å². The highest BCUT2D eigenvalue weighted by Crippen LogP contribution is 2.26. The molecule has 1 atom stereocenters. The van der Waals surface area contributed by atoms with Crippen LogP contribution in [0.2, 0.25) is 5.02 Å². The van der Waals surface area contributed by atoms with Gasteiger partial charge in [-0.25, -0.2) is 4.39 Å². The number of ketones is 1. The van der Waals surface area contributed by atoms with Crippen molar-refractivity contribution in [2.75, 3.05) is 0 Å². The molecule has 78 valence electrons. The van der Waals surface area contributed by atoms with Crippen molar-refractivity contribution >= 4 is 17.4 Å². The fourth-order valence-electron chi connectivity index (χ4n) is 1.30. The van der Waals surface area contributed by atoms with Gasteiger partial charge in [0.15, 0.2) is 0 Å². The highest BCUT2D eigenvalue weighted by atomic mass is 35.5. The molecule has 0 saturated heterocycles. The van der Waals surface area contributed by atoms with Gasteiger partial charge < -0.3 is 0 Å². The Morgan fingerprint density at radius 3 is 2.87 bits per heavy atom. The lowest BCUT2D eigenvalue weighted by Crippen LogP contribution is -2.04. The van der Waals surface area contributed by atoms with Crippen molar-refractivity contribution in [2.24, 2.45) is 0 Å². The van der Waals surface area contributed by atoms with E-state index in [2.05, 4.69) is 0 Å². The standard InChI is InChI=1S/C11H9ClFNO/c1-7(15)5-8(6-14)9-3-2-4-10(12)11(9)13/h2-4,8H,5H2,1H3. The first-order valence-corrected chi connectivity index (χ1v) is 4.77. The Kier molecular flexibility index (Phi) is 3.81. The number of nitrogens with zero attached hydrogens (tertiary/aromatic N) is 1. The third kappa shape index (κ3) is 2.77. The molecular formula is C11H9ClFNO. The number of benzene rings is 1. The fraction of sp³-hybridized carbons (Fsp3) is 0.273. The Morgan fingerprint density at radius 2 is 2.33 bits per heavy atom. The molecule has 0 radical (unpaired) electrons. The monoisotopic (exact) mass is 225 g/mol. The zero-order chi connectivity index (χ0) is 11.4. The molecular weight excluding hydrogens is 217 g/mol. The first-order chi connectivity index (χ1) is 7.06. The van der Waals surface area contributed by atoms with Crippen molar-refractivity contribution < 1.29 is 9.18 Å². The van der Waals surface area contributed by atoms with Crippen LogP contribution in [0.25, 0.3) is 0 Å². The van der Waals surface area contributed by atoms with Crippen LogP contribution < -0.4 is 0 Å². The highest BCUT2D eigenvalue weighted by Gasteiger charge is 2.18. The van der Waals surface area contributed by atoms with Crippen LogP contribution in [0.15, 0.2) is 18.2 Å². The summed E-state index contributed by atoms with van der Waals surface area (Å²) in [4.78, 5) is 10.9. The van der Waals surface area contributed by atoms with Crippen molar-refractivity contribution in [3.05, 3.63) is 34.6 Å². The molecule has 0 aromatic heterocycles. The summed E-state index contributed by atoms with van der Waals surface area (Å²) in [5.74, 6) is -1.53. The van der Waals surface area contributed by atoms with Gasteiger partial charge in [-0.2, -0.15) is 5.26 Å². The van der Waals surface area contributed by atoms with E-state index in [4.69, 9.17) is 16.9 Å². The van der Waals surface area contributed by atoms with E-state index in [-0.39, 0.29) is 22.8 Å². The van der Waals surface area contributed by atoms with E-state index in [1.54, 1.807) is 6.07 Å². The van der Waals surface area contributed by atoms with Gasteiger partial charge in [-0.05, 0) is 13.0 Å². The normalized spacial score (nSPS) is 11.9. The highest BCUT2D eigenvalue weighted by molar-refractivity contribution is 6.30. The number of rotatable bonds is 3. The van der Waals surface area contributed by atoms with E-state index in [0.29, 0.717) is 0 Å². The second kappa shape index (κ2) is 4.90. The van der Waals surface area contributed by atoms with Gasteiger partial charge in [-0.1, -0.05) is 23.7 Å². The number of halogens is 2. The molecule has 0 aliphatic carbocycles. The molecule has 1 aromatic carbocycles. The fourth-order valence-corrected chi connectivity index (χ4v) is 1.48. The van der Waals surface area contributed by atoms with Crippen LogP contribution in [-0.4, -0.2) is 5.78 Å². The van der Waals surface area contributed by atoms with Crippen molar-refractivity contribution in [2.45, 2.75) is 19.3 Å². The summed E-state index contributed by atoms with van der Waals surface area (Å²) in [6.07, 6.45) is 0.00770. The Hall–Kier alpha value is -1.40. The predicted molar refractivity (Wildman–Crippen MR) is 55.1 cm³/mol. The Morgan fingerprint density at radius 1 is 1.67 bits per heavy atom. The van der Waals surface area contributed by atoms with Gasteiger partial charge in [0.25, 0.3) is 0 Å². The molecule has 0 saturated carbocycles. The van der Waals surface area contributed by atoms with Gasteiger partial charge in [0.1, 0.15) is 11.6 Å². The van der Waals surface area contributed by atoms with Gasteiger partial charge in [0.05, 0.1) is 17.0 Å². The number of carbonyl (C=O) groups excluding carboxylic acids is 1. The van der Waals surface area contributed by atoms with Crippen LogP contribution in [0.4, 0.5) is 4.39 Å². The minimum atomic E-state index is -0.763. The van der Waals surface area contributed by atoms with Crippen molar-refractivity contribution in [3.63, 3.8) is 0 Å². The smallest absolute Gasteiger partial charge is 0.146 e. The number of Topliss-reactive ketones (excluding diaryl/α,β-unsaturated/α-hetero) is 1. The van der Waals surface area contributed by atoms with E-state index in [1.807, 2.05) is 6.07 Å². The van der Waals surface area contributed by atoms with Crippen LogP contribution in [0, 0.1) is 17.1 Å². The lowest BCUT2D eigenvalue weighted by molar-refractivity contribution is -0.117. The van der Waals surface area contributed by atoms with Gasteiger partial charge >= 0.3 is 0 Å². The van der Waals surface area contributed by atoms with Gasteiger partial charge in [-0.3, -0.25) is 4.79 Å². The van der Waals surface area contributed by atoms with Gasteiger partial charge in [0.2, 0.25) is 0 Å². The van der Waals surface area contributed by atoms with Crippen LogP contribution in [0.3, 0.4) is 0 Å². The average Bonchev–Trinajstić information content (AvgIpc) is 2.19. The Bertz CT molecular complexity index is 425. The third-order valence-electron chi connectivity index (χ3n) is 2.00. The molecule has 1 rings (SSSR count). The number of hydrogen-bond donors (Lipinski definition) is 0. The van der Waals surface area contributed by atoms with E-state index in [1.165, 1.54) is 19.1 Å². The first kappa shape index (κ1) is 11.7. The van der Waals surface area contributed by atoms with E-state index in [9.17, 15) is 9.18 Å². The molecule has 4 heteroatoms. The van der Waals surface area contributed by atoms with Crippen molar-refractivity contribution in [3.8, 4) is 6.07 Å². The second-order valence-corrected chi connectivity index (χ2v) is 3.64. The largest absolute Gasteiger partial charge is 0.300 e. The van der Waals surface area contributed by atoms with Crippen LogP contribution in [0.5, 0.6) is 0 Å². The molecule has 15 heavy (non-hydrogen) atoms. The molecule has 0 aliphatic heterocycles. The second-order valence-electron chi connectivity index (χ2n) is 3.23. The average molecular weight is 226 g/mol. The molecule has 2 nitrogen and oxygen atoms in total. The van der Waals surface area contributed by atoms with Crippen molar-refractivity contribution in [1.29, 1.82) is 5.26 Å². The topological polar surface area (TPSA) is 40.9 Å². The van der Waals surface area contributed by atoms with Gasteiger partial charge in [0, 0.05) is 12.0 Å². The maximum Gasteiger partial charge on any atom is 0.146 e. The van der Waals surface area contributed by atoms with E-state index < -0.39 is 11.7 Å². The maximum atomic E-state index is 13.5. The summed E-state index contributed by atoms with van der Waals surface area (Å²) in [6.45, 7) is 1.37. The summed E-state index contributed by atoms with van der Waals surface area (Å²) in [7, 11) is 0.